The molecule has 2 heterocycles. The smallest absolute Gasteiger partial charge is 0.106 e. The highest BCUT2D eigenvalue weighted by Gasteiger charge is 2.37. The molecular formula is C11H17N3. The standard InChI is InChI=1S/C11H17N3/c1-7-5-11(7)14-8(2)13-9-6-12-4-3-10(9)14/h7,11-12H,3-6H2,1-2H3. The van der Waals surface area contributed by atoms with Gasteiger partial charge in [0.05, 0.1) is 5.69 Å². The average molecular weight is 191 g/mol. The van der Waals surface area contributed by atoms with Crippen LogP contribution in [0.15, 0.2) is 0 Å². The lowest BCUT2D eigenvalue weighted by Gasteiger charge is -2.15. The summed E-state index contributed by atoms with van der Waals surface area (Å²) in [4.78, 5) is 4.65. The Morgan fingerprint density at radius 2 is 2.29 bits per heavy atom. The predicted molar refractivity (Wildman–Crippen MR) is 55.2 cm³/mol. The lowest BCUT2D eigenvalue weighted by Crippen LogP contribution is -2.25. The van der Waals surface area contributed by atoms with Crippen LogP contribution in [0.4, 0.5) is 0 Å². The summed E-state index contributed by atoms with van der Waals surface area (Å²) in [7, 11) is 0. The maximum absolute atomic E-state index is 4.65. The largest absolute Gasteiger partial charge is 0.329 e. The quantitative estimate of drug-likeness (QED) is 0.727. The highest BCUT2D eigenvalue weighted by Crippen LogP contribution is 2.44. The maximum Gasteiger partial charge on any atom is 0.106 e. The molecule has 76 valence electrons. The molecule has 0 bridgehead atoms. The van der Waals surface area contributed by atoms with Crippen LogP contribution in [-0.2, 0) is 13.0 Å². The van der Waals surface area contributed by atoms with E-state index in [1.165, 1.54) is 23.6 Å². The van der Waals surface area contributed by atoms with Crippen LogP contribution in [0.1, 0.15) is 36.6 Å². The third kappa shape index (κ3) is 1.12. The Kier molecular flexibility index (Phi) is 1.71. The molecule has 3 nitrogen and oxygen atoms in total. The van der Waals surface area contributed by atoms with Gasteiger partial charge < -0.3 is 9.88 Å². The first-order chi connectivity index (χ1) is 6.77. The minimum Gasteiger partial charge on any atom is -0.329 e. The van der Waals surface area contributed by atoms with E-state index >= 15 is 0 Å². The summed E-state index contributed by atoms with van der Waals surface area (Å²) in [6.45, 7) is 6.55. The molecule has 1 fully saturated rings. The van der Waals surface area contributed by atoms with Crippen LogP contribution in [0.5, 0.6) is 0 Å². The second-order valence-corrected chi connectivity index (χ2v) is 4.63. The molecule has 2 unspecified atom stereocenters. The Morgan fingerprint density at radius 3 is 3.00 bits per heavy atom. The van der Waals surface area contributed by atoms with Gasteiger partial charge >= 0.3 is 0 Å². The van der Waals surface area contributed by atoms with Gasteiger partial charge in [0.1, 0.15) is 5.82 Å². The van der Waals surface area contributed by atoms with Crippen molar-refractivity contribution in [1.82, 2.24) is 14.9 Å². The van der Waals surface area contributed by atoms with Crippen LogP contribution in [-0.4, -0.2) is 16.1 Å². The average Bonchev–Trinajstić information content (AvgIpc) is 2.78. The fourth-order valence-electron chi connectivity index (χ4n) is 2.57. The van der Waals surface area contributed by atoms with Crippen molar-refractivity contribution in [3.63, 3.8) is 0 Å². The minimum absolute atomic E-state index is 0.754. The van der Waals surface area contributed by atoms with Gasteiger partial charge in [0.25, 0.3) is 0 Å². The number of imidazole rings is 1. The highest BCUT2D eigenvalue weighted by atomic mass is 15.2. The third-order valence-electron chi connectivity index (χ3n) is 3.50. The predicted octanol–water partition coefficient (Wildman–Crippen LogP) is 1.42. The number of nitrogens with one attached hydrogen (secondary N) is 1. The number of rotatable bonds is 1. The molecule has 0 amide bonds. The maximum atomic E-state index is 4.65. The van der Waals surface area contributed by atoms with E-state index in [-0.39, 0.29) is 0 Å². The molecule has 1 aliphatic carbocycles. The van der Waals surface area contributed by atoms with Crippen molar-refractivity contribution in [3.8, 4) is 0 Å². The molecule has 1 saturated carbocycles. The number of aryl methyl sites for hydroxylation is 1. The first kappa shape index (κ1) is 8.48. The summed E-state index contributed by atoms with van der Waals surface area (Å²) in [6.07, 6.45) is 2.50. The molecule has 0 spiro atoms. The molecule has 0 radical (unpaired) electrons. The lowest BCUT2D eigenvalue weighted by atomic mass is 10.2. The molecular weight excluding hydrogens is 174 g/mol. The van der Waals surface area contributed by atoms with Crippen LogP contribution in [0.2, 0.25) is 0 Å². The van der Waals surface area contributed by atoms with Crippen molar-refractivity contribution < 1.29 is 0 Å². The number of aromatic nitrogens is 2. The van der Waals surface area contributed by atoms with Gasteiger partial charge in [0, 0.05) is 31.2 Å². The molecule has 0 aromatic carbocycles. The zero-order chi connectivity index (χ0) is 9.71. The second-order valence-electron chi connectivity index (χ2n) is 4.63. The van der Waals surface area contributed by atoms with Crippen LogP contribution in [0, 0.1) is 12.8 Å². The Hall–Kier alpha value is -0.830. The van der Waals surface area contributed by atoms with Crippen molar-refractivity contribution in [3.05, 3.63) is 17.2 Å². The van der Waals surface area contributed by atoms with Gasteiger partial charge in [-0.2, -0.15) is 0 Å². The first-order valence-electron chi connectivity index (χ1n) is 5.54. The van der Waals surface area contributed by atoms with Crippen molar-refractivity contribution >= 4 is 0 Å². The summed E-state index contributed by atoms with van der Waals surface area (Å²) in [6, 6.07) is 0.754. The molecule has 3 heteroatoms. The number of nitrogens with zero attached hydrogens (tertiary/aromatic N) is 2. The zero-order valence-corrected chi connectivity index (χ0v) is 8.88. The summed E-state index contributed by atoms with van der Waals surface area (Å²) in [5, 5.41) is 3.38. The number of hydrogen-bond donors (Lipinski definition) is 1. The highest BCUT2D eigenvalue weighted by molar-refractivity contribution is 5.22. The van der Waals surface area contributed by atoms with Gasteiger partial charge in [-0.05, 0) is 19.3 Å². The van der Waals surface area contributed by atoms with Crippen LogP contribution in [0.3, 0.4) is 0 Å². The summed E-state index contributed by atoms with van der Waals surface area (Å²) < 4.78 is 2.49. The van der Waals surface area contributed by atoms with Crippen molar-refractivity contribution in [2.24, 2.45) is 5.92 Å². The molecule has 2 atom stereocenters. The Balaban J connectivity index is 2.05. The van der Waals surface area contributed by atoms with E-state index < -0.39 is 0 Å². The normalized spacial score (nSPS) is 30.1. The zero-order valence-electron chi connectivity index (χ0n) is 8.88. The molecule has 14 heavy (non-hydrogen) atoms. The summed E-state index contributed by atoms with van der Waals surface area (Å²) in [5.74, 6) is 2.08. The third-order valence-corrected chi connectivity index (χ3v) is 3.50. The fourth-order valence-corrected chi connectivity index (χ4v) is 2.57. The first-order valence-corrected chi connectivity index (χ1v) is 5.54. The molecule has 1 aromatic heterocycles. The van der Waals surface area contributed by atoms with Gasteiger partial charge in [-0.1, -0.05) is 6.92 Å². The minimum atomic E-state index is 0.754. The van der Waals surface area contributed by atoms with E-state index in [0.29, 0.717) is 0 Å². The molecule has 1 aliphatic heterocycles. The van der Waals surface area contributed by atoms with Crippen molar-refractivity contribution in [1.29, 1.82) is 0 Å². The van der Waals surface area contributed by atoms with Crippen molar-refractivity contribution in [2.75, 3.05) is 6.54 Å². The van der Waals surface area contributed by atoms with E-state index in [0.717, 1.165) is 31.5 Å². The van der Waals surface area contributed by atoms with Gasteiger partial charge in [-0.3, -0.25) is 0 Å². The lowest BCUT2D eigenvalue weighted by molar-refractivity contribution is 0.576. The van der Waals surface area contributed by atoms with E-state index in [1.54, 1.807) is 0 Å². The Bertz CT molecular complexity index is 367. The summed E-state index contributed by atoms with van der Waals surface area (Å²) in [5.41, 5.74) is 2.78. The van der Waals surface area contributed by atoms with E-state index in [9.17, 15) is 0 Å². The second kappa shape index (κ2) is 2.83. The Morgan fingerprint density at radius 1 is 1.50 bits per heavy atom. The number of hydrogen-bond acceptors (Lipinski definition) is 2. The molecule has 3 rings (SSSR count). The van der Waals surface area contributed by atoms with Gasteiger partial charge in [0.2, 0.25) is 0 Å². The van der Waals surface area contributed by atoms with E-state index in [1.807, 2.05) is 0 Å². The number of fused-ring (bicyclic) bond motifs is 1. The topological polar surface area (TPSA) is 29.9 Å². The van der Waals surface area contributed by atoms with Gasteiger partial charge in [0.15, 0.2) is 0 Å². The van der Waals surface area contributed by atoms with Crippen LogP contribution in [0.25, 0.3) is 0 Å². The van der Waals surface area contributed by atoms with Gasteiger partial charge in [-0.15, -0.1) is 0 Å². The van der Waals surface area contributed by atoms with Crippen LogP contribution >= 0.6 is 0 Å². The van der Waals surface area contributed by atoms with Crippen LogP contribution < -0.4 is 5.32 Å². The monoisotopic (exact) mass is 191 g/mol. The van der Waals surface area contributed by atoms with E-state index in [4.69, 9.17) is 0 Å². The molecule has 0 saturated heterocycles. The summed E-state index contributed by atoms with van der Waals surface area (Å²) >= 11 is 0. The molecule has 1 aromatic rings. The molecule has 1 N–H and O–H groups in total. The van der Waals surface area contributed by atoms with Gasteiger partial charge in [-0.25, -0.2) is 4.98 Å². The molecule has 2 aliphatic rings. The van der Waals surface area contributed by atoms with E-state index in [2.05, 4.69) is 28.7 Å². The van der Waals surface area contributed by atoms with Crippen molar-refractivity contribution in [2.45, 2.75) is 39.3 Å². The Labute approximate surface area is 84.5 Å². The fraction of sp³-hybridized carbons (Fsp3) is 0.727. The SMILES string of the molecule is Cc1nc2c(n1C1CC1C)CCNC2.